The third kappa shape index (κ3) is 6.17. The lowest BCUT2D eigenvalue weighted by molar-refractivity contribution is -0.131. The van der Waals surface area contributed by atoms with Gasteiger partial charge in [0.25, 0.3) is 0 Å². The molecule has 2 N–H and O–H groups in total. The average molecular weight is 401 g/mol. The second-order valence-electron chi connectivity index (χ2n) is 5.47. The Labute approximate surface area is 166 Å². The van der Waals surface area contributed by atoms with Gasteiger partial charge in [0.15, 0.2) is 17.3 Å². The number of hydrogen-bond donors (Lipinski definition) is 2. The topological polar surface area (TPSA) is 102 Å². The van der Waals surface area contributed by atoms with Gasteiger partial charge in [0, 0.05) is 28.3 Å². The van der Waals surface area contributed by atoms with Crippen LogP contribution in [0.1, 0.15) is 10.4 Å². The van der Waals surface area contributed by atoms with Crippen molar-refractivity contribution in [3.8, 4) is 11.5 Å². The highest BCUT2D eigenvalue weighted by molar-refractivity contribution is 8.00. The molecule has 28 heavy (non-hydrogen) atoms. The Kier molecular flexibility index (Phi) is 7.65. The van der Waals surface area contributed by atoms with E-state index < -0.39 is 11.9 Å². The van der Waals surface area contributed by atoms with Gasteiger partial charge in [-0.05, 0) is 42.5 Å². The van der Waals surface area contributed by atoms with E-state index in [1.54, 1.807) is 42.5 Å². The predicted octanol–water partition coefficient (Wildman–Crippen LogP) is 3.26. The van der Waals surface area contributed by atoms with Crippen LogP contribution in [0.3, 0.4) is 0 Å². The van der Waals surface area contributed by atoms with Crippen LogP contribution in [0.15, 0.2) is 59.5 Å². The molecule has 0 spiro atoms. The van der Waals surface area contributed by atoms with E-state index in [2.05, 4.69) is 5.32 Å². The fourth-order valence-electron chi connectivity index (χ4n) is 2.21. The van der Waals surface area contributed by atoms with Crippen LogP contribution >= 0.6 is 11.8 Å². The number of methoxy groups -OCH3 is 2. The Morgan fingerprint density at radius 1 is 1.00 bits per heavy atom. The number of aliphatic carboxylic acids is 1. The average Bonchev–Trinajstić information content (AvgIpc) is 2.70. The number of amides is 1. The van der Waals surface area contributed by atoms with E-state index in [1.165, 1.54) is 26.0 Å². The highest BCUT2D eigenvalue weighted by Gasteiger charge is 2.11. The number of rotatable bonds is 9. The van der Waals surface area contributed by atoms with Gasteiger partial charge in [-0.15, -0.1) is 11.8 Å². The van der Waals surface area contributed by atoms with Crippen molar-refractivity contribution in [2.75, 3.05) is 25.3 Å². The van der Waals surface area contributed by atoms with E-state index in [9.17, 15) is 14.4 Å². The van der Waals surface area contributed by atoms with Gasteiger partial charge in [-0.1, -0.05) is 0 Å². The zero-order chi connectivity index (χ0) is 20.5. The van der Waals surface area contributed by atoms with Gasteiger partial charge < -0.3 is 19.9 Å². The molecule has 2 aromatic rings. The standard InChI is InChI=1S/C20H19NO6S/c1-26-17-8-3-13(11-18(17)27-2)16(22)12-28-15-6-4-14(5-7-15)21-19(23)9-10-20(24)25/h3-11H,12H2,1-2H3,(H,21,23)(H,24,25)/b10-9+. The Bertz CT molecular complexity index is 892. The van der Waals surface area contributed by atoms with Crippen molar-refractivity contribution >= 4 is 35.1 Å². The van der Waals surface area contributed by atoms with Crippen LogP contribution in [0.4, 0.5) is 5.69 Å². The number of Topliss-reactive ketones (excluding diaryl/α,β-unsaturated/α-hetero) is 1. The van der Waals surface area contributed by atoms with E-state index in [-0.39, 0.29) is 11.5 Å². The maximum atomic E-state index is 12.4. The van der Waals surface area contributed by atoms with E-state index in [1.807, 2.05) is 0 Å². The highest BCUT2D eigenvalue weighted by Crippen LogP contribution is 2.29. The van der Waals surface area contributed by atoms with E-state index in [0.29, 0.717) is 22.7 Å². The molecule has 0 bridgehead atoms. The number of ether oxygens (including phenoxy) is 2. The molecule has 0 atom stereocenters. The number of carbonyl (C=O) groups excluding carboxylic acids is 2. The molecule has 0 saturated carbocycles. The maximum absolute atomic E-state index is 12.4. The summed E-state index contributed by atoms with van der Waals surface area (Å²) < 4.78 is 10.4. The molecular formula is C20H19NO6S. The first kappa shape index (κ1) is 21.0. The molecule has 0 saturated heterocycles. The minimum atomic E-state index is -1.19. The molecule has 0 aromatic heterocycles. The van der Waals surface area contributed by atoms with Crippen LogP contribution < -0.4 is 14.8 Å². The quantitative estimate of drug-likeness (QED) is 0.378. The van der Waals surface area contributed by atoms with Crippen molar-refractivity contribution in [2.45, 2.75) is 4.90 Å². The second-order valence-corrected chi connectivity index (χ2v) is 6.52. The first-order valence-electron chi connectivity index (χ1n) is 8.13. The van der Waals surface area contributed by atoms with E-state index in [0.717, 1.165) is 17.0 Å². The van der Waals surface area contributed by atoms with Gasteiger partial charge in [-0.3, -0.25) is 9.59 Å². The zero-order valence-electron chi connectivity index (χ0n) is 15.3. The van der Waals surface area contributed by atoms with Crippen LogP contribution in [0.5, 0.6) is 11.5 Å². The summed E-state index contributed by atoms with van der Waals surface area (Å²) in [5, 5.41) is 11.0. The van der Waals surface area contributed by atoms with Gasteiger partial charge in [0.2, 0.25) is 5.91 Å². The Morgan fingerprint density at radius 3 is 2.29 bits per heavy atom. The third-order valence-corrected chi connectivity index (χ3v) is 4.59. The normalized spacial score (nSPS) is 10.5. The Morgan fingerprint density at radius 2 is 1.68 bits per heavy atom. The number of nitrogens with one attached hydrogen (secondary N) is 1. The second kappa shape index (κ2) is 10.2. The SMILES string of the molecule is COc1ccc(C(=O)CSc2ccc(NC(=O)/C=C/C(=O)O)cc2)cc1OC. The molecule has 2 aromatic carbocycles. The van der Waals surface area contributed by atoms with Crippen LogP contribution in [0.2, 0.25) is 0 Å². The molecule has 146 valence electrons. The highest BCUT2D eigenvalue weighted by atomic mass is 32.2. The van der Waals surface area contributed by atoms with E-state index in [4.69, 9.17) is 14.6 Å². The molecule has 0 aliphatic rings. The van der Waals surface area contributed by atoms with Gasteiger partial charge in [0.1, 0.15) is 0 Å². The van der Waals surface area contributed by atoms with Crippen molar-refractivity contribution in [3.63, 3.8) is 0 Å². The van der Waals surface area contributed by atoms with Crippen molar-refractivity contribution in [1.82, 2.24) is 0 Å². The summed E-state index contributed by atoms with van der Waals surface area (Å²) in [6, 6.07) is 11.9. The Hall–Kier alpha value is -3.26. The fourth-order valence-corrected chi connectivity index (χ4v) is 3.00. The Balaban J connectivity index is 1.93. The van der Waals surface area contributed by atoms with Crippen molar-refractivity contribution in [3.05, 3.63) is 60.2 Å². The summed E-state index contributed by atoms with van der Waals surface area (Å²) in [7, 11) is 3.04. The minimum Gasteiger partial charge on any atom is -0.493 e. The van der Waals surface area contributed by atoms with Crippen LogP contribution in [-0.4, -0.2) is 42.7 Å². The summed E-state index contributed by atoms with van der Waals surface area (Å²) in [6.07, 6.45) is 1.70. The first-order chi connectivity index (χ1) is 13.4. The first-order valence-corrected chi connectivity index (χ1v) is 9.11. The third-order valence-electron chi connectivity index (χ3n) is 3.57. The molecular weight excluding hydrogens is 382 g/mol. The molecule has 0 heterocycles. The number of ketones is 1. The van der Waals surface area contributed by atoms with Crippen LogP contribution in [0, 0.1) is 0 Å². The number of carboxylic acids is 1. The molecule has 1 amide bonds. The lowest BCUT2D eigenvalue weighted by Gasteiger charge is -2.09. The largest absolute Gasteiger partial charge is 0.493 e. The molecule has 0 fully saturated rings. The summed E-state index contributed by atoms with van der Waals surface area (Å²) in [4.78, 5) is 35.2. The molecule has 0 radical (unpaired) electrons. The number of carboxylic acid groups (broad SMARTS) is 1. The number of carbonyl (C=O) groups is 3. The van der Waals surface area contributed by atoms with E-state index >= 15 is 0 Å². The van der Waals surface area contributed by atoms with Crippen molar-refractivity contribution in [2.24, 2.45) is 0 Å². The molecule has 2 rings (SSSR count). The lowest BCUT2D eigenvalue weighted by Crippen LogP contribution is -2.08. The van der Waals surface area contributed by atoms with Crippen molar-refractivity contribution in [1.29, 1.82) is 0 Å². The number of hydrogen-bond acceptors (Lipinski definition) is 6. The van der Waals surface area contributed by atoms with Gasteiger partial charge in [-0.25, -0.2) is 4.79 Å². The maximum Gasteiger partial charge on any atom is 0.328 e. The summed E-state index contributed by atoms with van der Waals surface area (Å²) in [5.74, 6) is -0.490. The monoisotopic (exact) mass is 401 g/mol. The smallest absolute Gasteiger partial charge is 0.328 e. The lowest BCUT2D eigenvalue weighted by atomic mass is 10.1. The van der Waals surface area contributed by atoms with Crippen LogP contribution in [0.25, 0.3) is 0 Å². The molecule has 0 aliphatic carbocycles. The number of anilines is 1. The fraction of sp³-hybridized carbons (Fsp3) is 0.150. The van der Waals surface area contributed by atoms with Gasteiger partial charge >= 0.3 is 5.97 Å². The number of benzene rings is 2. The summed E-state index contributed by atoms with van der Waals surface area (Å²) in [5.41, 5.74) is 1.05. The molecule has 8 heteroatoms. The predicted molar refractivity (Wildman–Crippen MR) is 106 cm³/mol. The molecule has 0 aliphatic heterocycles. The zero-order valence-corrected chi connectivity index (χ0v) is 16.1. The number of thioether (sulfide) groups is 1. The summed E-state index contributed by atoms with van der Waals surface area (Å²) >= 11 is 1.36. The van der Waals surface area contributed by atoms with Crippen LogP contribution in [-0.2, 0) is 9.59 Å². The summed E-state index contributed by atoms with van der Waals surface area (Å²) in [6.45, 7) is 0. The van der Waals surface area contributed by atoms with Gasteiger partial charge in [-0.2, -0.15) is 0 Å². The minimum absolute atomic E-state index is 0.0536. The van der Waals surface area contributed by atoms with Gasteiger partial charge in [0.05, 0.1) is 20.0 Å². The molecule has 0 unspecified atom stereocenters. The van der Waals surface area contributed by atoms with Crippen molar-refractivity contribution < 1.29 is 29.0 Å². The molecule has 7 nitrogen and oxygen atoms in total.